The number of likely N-dealkylation sites (tertiary alicyclic amines) is 1. The molecule has 1 fully saturated rings. The number of hydrogen-bond donors (Lipinski definition) is 1. The number of carbonyl (C=O) groups excluding carboxylic acids is 1. The molecular weight excluding hydrogens is 422 g/mol. The molecule has 5 rings (SSSR count). The Bertz CT molecular complexity index is 1150. The lowest BCUT2D eigenvalue weighted by atomic mass is 9.72. The molecule has 0 saturated carbocycles. The van der Waals surface area contributed by atoms with Gasteiger partial charge in [-0.1, -0.05) is 26.0 Å². The van der Waals surface area contributed by atoms with Gasteiger partial charge in [-0.05, 0) is 63.3 Å². The van der Waals surface area contributed by atoms with Crippen LogP contribution in [0.1, 0.15) is 69.7 Å². The van der Waals surface area contributed by atoms with Gasteiger partial charge in [0.05, 0.1) is 12.2 Å². The number of likely N-dealkylation sites (N-methyl/N-ethyl adjacent to an activating group) is 1. The summed E-state index contributed by atoms with van der Waals surface area (Å²) in [6.07, 6.45) is 11.2. The van der Waals surface area contributed by atoms with Crippen molar-refractivity contribution >= 4 is 16.8 Å². The van der Waals surface area contributed by atoms with E-state index in [-0.39, 0.29) is 11.8 Å². The summed E-state index contributed by atoms with van der Waals surface area (Å²) in [5.41, 5.74) is 4.28. The molecule has 182 valence electrons. The Morgan fingerprint density at radius 3 is 2.82 bits per heavy atom. The number of fused-ring (bicyclic) bond motifs is 2. The van der Waals surface area contributed by atoms with E-state index < -0.39 is 0 Å². The number of rotatable bonds is 7. The molecule has 0 radical (unpaired) electrons. The van der Waals surface area contributed by atoms with Crippen molar-refractivity contribution in [2.45, 2.75) is 71.0 Å². The van der Waals surface area contributed by atoms with Crippen LogP contribution in [0, 0.1) is 11.8 Å². The van der Waals surface area contributed by atoms with Crippen molar-refractivity contribution in [2.75, 3.05) is 20.1 Å². The van der Waals surface area contributed by atoms with Crippen molar-refractivity contribution in [3.05, 3.63) is 54.2 Å². The normalized spacial score (nSPS) is 25.0. The van der Waals surface area contributed by atoms with Crippen LogP contribution in [0.3, 0.4) is 0 Å². The molecule has 1 N–H and O–H groups in total. The topological polar surface area (TPSA) is 55.1 Å². The molecule has 2 aromatic heterocycles. The summed E-state index contributed by atoms with van der Waals surface area (Å²) in [4.78, 5) is 19.9. The third-order valence-electron chi connectivity index (χ3n) is 8.73. The molecule has 1 saturated heterocycles. The van der Waals surface area contributed by atoms with Crippen LogP contribution in [0.5, 0.6) is 0 Å². The van der Waals surface area contributed by atoms with E-state index >= 15 is 0 Å². The molecule has 2 aliphatic rings. The van der Waals surface area contributed by atoms with Gasteiger partial charge >= 0.3 is 0 Å². The lowest BCUT2D eigenvalue weighted by Crippen LogP contribution is -2.51. The highest BCUT2D eigenvalue weighted by molar-refractivity contribution is 5.89. The van der Waals surface area contributed by atoms with E-state index in [1.54, 1.807) is 0 Å². The Hall–Kier alpha value is -2.60. The second-order valence-corrected chi connectivity index (χ2v) is 10.8. The lowest BCUT2D eigenvalue weighted by molar-refractivity contribution is -0.127. The first-order valence-electron chi connectivity index (χ1n) is 13.0. The van der Waals surface area contributed by atoms with Crippen molar-refractivity contribution in [3.63, 3.8) is 0 Å². The van der Waals surface area contributed by atoms with Crippen molar-refractivity contribution < 1.29 is 4.79 Å². The largest absolute Gasteiger partial charge is 0.355 e. The molecule has 1 aromatic carbocycles. The van der Waals surface area contributed by atoms with Crippen LogP contribution >= 0.6 is 0 Å². The zero-order valence-electron chi connectivity index (χ0n) is 21.2. The number of carbonyl (C=O) groups is 1. The molecule has 6 heteroatoms. The minimum absolute atomic E-state index is 0.0236. The zero-order chi connectivity index (χ0) is 24.0. The van der Waals surface area contributed by atoms with E-state index in [0.29, 0.717) is 36.5 Å². The summed E-state index contributed by atoms with van der Waals surface area (Å²) in [5.74, 6) is 0.958. The quantitative estimate of drug-likeness (QED) is 0.551. The number of hydrogen-bond acceptors (Lipinski definition) is 3. The van der Waals surface area contributed by atoms with Crippen LogP contribution < -0.4 is 5.32 Å². The maximum Gasteiger partial charge on any atom is 0.224 e. The standard InChI is InChI=1S/C28H39N5O/c1-6-19(3)33-16-21-13-26-24(23-8-7-9-25(33)27(21)23)12-22(15-31(26)5)28(34)30-14-18(2)20(4)32-11-10-29-17-32/h7-11,16-20,22,24,26H,6,12-15H2,1-5H3,(H,30,34)/t18?,19?,20?,22-,24?,26-/m1/s1. The molecule has 3 aromatic rings. The third-order valence-corrected chi connectivity index (χ3v) is 8.73. The second-order valence-electron chi connectivity index (χ2n) is 10.8. The van der Waals surface area contributed by atoms with Gasteiger partial charge < -0.3 is 19.4 Å². The first-order chi connectivity index (χ1) is 16.4. The number of amides is 1. The molecule has 1 aliphatic heterocycles. The average Bonchev–Trinajstić information content (AvgIpc) is 3.51. The number of piperidine rings is 1. The fourth-order valence-corrected chi connectivity index (χ4v) is 6.21. The molecule has 0 bridgehead atoms. The van der Waals surface area contributed by atoms with Gasteiger partial charge in [-0.25, -0.2) is 4.98 Å². The average molecular weight is 462 g/mol. The highest BCUT2D eigenvalue weighted by atomic mass is 16.1. The van der Waals surface area contributed by atoms with Crippen molar-refractivity contribution in [1.82, 2.24) is 24.3 Å². The van der Waals surface area contributed by atoms with Crippen LogP contribution in [0.2, 0.25) is 0 Å². The smallest absolute Gasteiger partial charge is 0.224 e. The zero-order valence-corrected chi connectivity index (χ0v) is 21.2. The van der Waals surface area contributed by atoms with Crippen molar-refractivity contribution in [2.24, 2.45) is 11.8 Å². The molecular formula is C28H39N5O. The molecule has 1 aliphatic carbocycles. The molecule has 0 spiro atoms. The Labute approximate surface area is 203 Å². The molecule has 4 unspecified atom stereocenters. The highest BCUT2D eigenvalue weighted by Gasteiger charge is 2.41. The van der Waals surface area contributed by atoms with Crippen molar-refractivity contribution in [1.29, 1.82) is 0 Å². The summed E-state index contributed by atoms with van der Waals surface area (Å²) in [7, 11) is 2.21. The van der Waals surface area contributed by atoms with E-state index in [2.05, 4.69) is 83.5 Å². The molecule has 34 heavy (non-hydrogen) atoms. The van der Waals surface area contributed by atoms with Gasteiger partial charge in [-0.3, -0.25) is 4.79 Å². The van der Waals surface area contributed by atoms with E-state index in [9.17, 15) is 4.79 Å². The minimum Gasteiger partial charge on any atom is -0.355 e. The Balaban J connectivity index is 1.33. The van der Waals surface area contributed by atoms with Gasteiger partial charge in [0.15, 0.2) is 0 Å². The summed E-state index contributed by atoms with van der Waals surface area (Å²) in [5, 5.41) is 4.72. The fourth-order valence-electron chi connectivity index (χ4n) is 6.21. The van der Waals surface area contributed by atoms with Crippen LogP contribution in [0.4, 0.5) is 0 Å². The minimum atomic E-state index is 0.0236. The van der Waals surface area contributed by atoms with E-state index in [4.69, 9.17) is 0 Å². The summed E-state index contributed by atoms with van der Waals surface area (Å²) in [6.45, 7) is 10.5. The summed E-state index contributed by atoms with van der Waals surface area (Å²) in [6, 6.07) is 8.06. The van der Waals surface area contributed by atoms with E-state index in [0.717, 1.165) is 25.8 Å². The Morgan fingerprint density at radius 2 is 2.09 bits per heavy atom. The van der Waals surface area contributed by atoms with Gasteiger partial charge in [-0.15, -0.1) is 0 Å². The van der Waals surface area contributed by atoms with E-state index in [1.807, 2.05) is 18.7 Å². The van der Waals surface area contributed by atoms with Gasteiger partial charge in [0.1, 0.15) is 0 Å². The number of nitrogens with one attached hydrogen (secondary N) is 1. The monoisotopic (exact) mass is 461 g/mol. The summed E-state index contributed by atoms with van der Waals surface area (Å²) >= 11 is 0. The molecule has 1 amide bonds. The van der Waals surface area contributed by atoms with Crippen LogP contribution in [-0.2, 0) is 11.2 Å². The van der Waals surface area contributed by atoms with Crippen molar-refractivity contribution in [3.8, 4) is 0 Å². The van der Waals surface area contributed by atoms with Crippen LogP contribution in [-0.4, -0.2) is 51.1 Å². The van der Waals surface area contributed by atoms with Crippen LogP contribution in [0.25, 0.3) is 10.9 Å². The maximum atomic E-state index is 13.3. The van der Waals surface area contributed by atoms with Gasteiger partial charge in [-0.2, -0.15) is 0 Å². The van der Waals surface area contributed by atoms with E-state index in [1.165, 1.54) is 22.0 Å². The Kier molecular flexibility index (Phi) is 6.28. The van der Waals surface area contributed by atoms with Gasteiger partial charge in [0, 0.05) is 66.6 Å². The molecule has 6 nitrogen and oxygen atoms in total. The summed E-state index contributed by atoms with van der Waals surface area (Å²) < 4.78 is 4.58. The number of imidazole rings is 1. The molecule has 3 heterocycles. The highest BCUT2D eigenvalue weighted by Crippen LogP contribution is 2.45. The van der Waals surface area contributed by atoms with Crippen LogP contribution in [0.15, 0.2) is 43.1 Å². The number of nitrogens with zero attached hydrogens (tertiary/aromatic N) is 4. The number of benzene rings is 1. The first-order valence-corrected chi connectivity index (χ1v) is 13.0. The maximum absolute atomic E-state index is 13.3. The second kappa shape index (κ2) is 9.21. The first kappa shape index (κ1) is 23.2. The third kappa shape index (κ3) is 3.96. The predicted molar refractivity (Wildman–Crippen MR) is 137 cm³/mol. The Morgan fingerprint density at radius 1 is 1.26 bits per heavy atom. The number of aromatic nitrogens is 3. The van der Waals surface area contributed by atoms with Gasteiger partial charge in [0.2, 0.25) is 5.91 Å². The molecule has 6 atom stereocenters. The van der Waals surface area contributed by atoms with Gasteiger partial charge in [0.25, 0.3) is 0 Å². The SMILES string of the molecule is CCC(C)n1cc2c3c(cccc31)C1C[C@@H](C(=O)NCC(C)C(C)n3ccnc3)CN(C)[C@@H]1C2. The fraction of sp³-hybridized carbons (Fsp3) is 0.571. The lowest BCUT2D eigenvalue weighted by Gasteiger charge is -2.45. The predicted octanol–water partition coefficient (Wildman–Crippen LogP) is 4.78.